The number of nitrogens with one attached hydrogen (secondary N) is 2. The van der Waals surface area contributed by atoms with Crippen LogP contribution in [0.4, 0.5) is 0 Å². The van der Waals surface area contributed by atoms with Gasteiger partial charge in [-0.1, -0.05) is 15.9 Å². The lowest BCUT2D eigenvalue weighted by molar-refractivity contribution is -0.118. The van der Waals surface area contributed by atoms with Gasteiger partial charge in [0.1, 0.15) is 5.75 Å². The second-order valence-corrected chi connectivity index (χ2v) is 4.81. The molecule has 0 spiro atoms. The molecule has 1 aromatic heterocycles. The fourth-order valence-electron chi connectivity index (χ4n) is 1.85. The van der Waals surface area contributed by atoms with Gasteiger partial charge in [0.05, 0.1) is 5.52 Å². The fourth-order valence-corrected chi connectivity index (χ4v) is 2.30. The molecule has 0 bridgehead atoms. The number of halogens is 1. The molecule has 0 aliphatic rings. The number of carbonyl (C=O) groups is 1. The molecule has 0 unspecified atom stereocenters. The maximum Gasteiger partial charge on any atom is 0.216 e. The highest BCUT2D eigenvalue weighted by Gasteiger charge is 2.09. The van der Waals surface area contributed by atoms with E-state index in [9.17, 15) is 9.90 Å². The average Bonchev–Trinajstić information content (AvgIpc) is 2.60. The molecule has 17 heavy (non-hydrogen) atoms. The highest BCUT2D eigenvalue weighted by Crippen LogP contribution is 2.31. The van der Waals surface area contributed by atoms with Crippen molar-refractivity contribution in [2.75, 3.05) is 6.54 Å². The molecule has 0 saturated heterocycles. The first-order valence-electron chi connectivity index (χ1n) is 5.31. The molecule has 3 N–H and O–H groups in total. The second kappa shape index (κ2) is 4.79. The van der Waals surface area contributed by atoms with Crippen LogP contribution in [-0.2, 0) is 11.2 Å². The largest absolute Gasteiger partial charge is 0.507 e. The molecular formula is C12H13BrN2O2. The van der Waals surface area contributed by atoms with E-state index in [2.05, 4.69) is 26.2 Å². The van der Waals surface area contributed by atoms with Crippen LogP contribution in [0.15, 0.2) is 22.8 Å². The van der Waals surface area contributed by atoms with Gasteiger partial charge in [-0.25, -0.2) is 0 Å². The zero-order valence-corrected chi connectivity index (χ0v) is 11.0. The molecule has 0 aliphatic heterocycles. The van der Waals surface area contributed by atoms with Crippen molar-refractivity contribution in [2.24, 2.45) is 0 Å². The van der Waals surface area contributed by atoms with Crippen molar-refractivity contribution in [1.29, 1.82) is 0 Å². The lowest BCUT2D eigenvalue weighted by Gasteiger charge is -2.03. The lowest BCUT2D eigenvalue weighted by Crippen LogP contribution is -2.22. The number of H-pyrrole nitrogens is 1. The molecule has 4 nitrogen and oxygen atoms in total. The van der Waals surface area contributed by atoms with Crippen molar-refractivity contribution in [3.63, 3.8) is 0 Å². The minimum Gasteiger partial charge on any atom is -0.507 e. The average molecular weight is 297 g/mol. The van der Waals surface area contributed by atoms with E-state index in [-0.39, 0.29) is 11.7 Å². The molecule has 0 saturated carbocycles. The first-order chi connectivity index (χ1) is 8.08. The Morgan fingerprint density at radius 1 is 1.53 bits per heavy atom. The van der Waals surface area contributed by atoms with Crippen molar-refractivity contribution < 1.29 is 9.90 Å². The number of carbonyl (C=O) groups excluding carboxylic acids is 1. The zero-order chi connectivity index (χ0) is 12.4. The summed E-state index contributed by atoms with van der Waals surface area (Å²) < 4.78 is 0.831. The van der Waals surface area contributed by atoms with Crippen molar-refractivity contribution >= 4 is 32.7 Å². The molecule has 2 rings (SSSR count). The van der Waals surface area contributed by atoms with Crippen LogP contribution in [0.3, 0.4) is 0 Å². The van der Waals surface area contributed by atoms with Crippen LogP contribution >= 0.6 is 15.9 Å². The maximum absolute atomic E-state index is 10.8. The molecule has 1 amide bonds. The normalized spacial score (nSPS) is 10.7. The molecule has 1 heterocycles. The van der Waals surface area contributed by atoms with Crippen LogP contribution in [-0.4, -0.2) is 22.5 Å². The monoisotopic (exact) mass is 296 g/mol. The van der Waals surface area contributed by atoms with E-state index in [1.54, 1.807) is 6.07 Å². The summed E-state index contributed by atoms with van der Waals surface area (Å²) in [5.74, 6) is 0.199. The number of phenolic OH excluding ortho intramolecular Hbond substituents is 1. The van der Waals surface area contributed by atoms with Crippen molar-refractivity contribution in [2.45, 2.75) is 13.3 Å². The highest BCUT2D eigenvalue weighted by molar-refractivity contribution is 9.10. The van der Waals surface area contributed by atoms with E-state index in [0.29, 0.717) is 13.0 Å². The van der Waals surface area contributed by atoms with Gasteiger partial charge in [-0.05, 0) is 24.1 Å². The predicted octanol–water partition coefficient (Wildman–Crippen LogP) is 2.31. The molecule has 0 radical (unpaired) electrons. The third-order valence-corrected chi connectivity index (χ3v) is 3.03. The number of aromatic hydroxyl groups is 1. The minimum atomic E-state index is -0.0446. The van der Waals surface area contributed by atoms with Gasteiger partial charge in [0.15, 0.2) is 0 Å². The number of hydrogen-bond donors (Lipinski definition) is 3. The minimum absolute atomic E-state index is 0.0446. The van der Waals surface area contributed by atoms with E-state index >= 15 is 0 Å². The number of benzene rings is 1. The van der Waals surface area contributed by atoms with E-state index in [1.807, 2.05) is 12.3 Å². The maximum atomic E-state index is 10.8. The van der Waals surface area contributed by atoms with Gasteiger partial charge in [0.25, 0.3) is 0 Å². The van der Waals surface area contributed by atoms with Crippen LogP contribution in [0.5, 0.6) is 5.75 Å². The van der Waals surface area contributed by atoms with Gasteiger partial charge in [-0.2, -0.15) is 0 Å². The topological polar surface area (TPSA) is 65.1 Å². The van der Waals surface area contributed by atoms with Gasteiger partial charge in [0.2, 0.25) is 5.91 Å². The summed E-state index contributed by atoms with van der Waals surface area (Å²) in [7, 11) is 0. The summed E-state index contributed by atoms with van der Waals surface area (Å²) in [6.45, 7) is 2.06. The summed E-state index contributed by atoms with van der Waals surface area (Å²) in [6.07, 6.45) is 2.55. The van der Waals surface area contributed by atoms with Crippen LogP contribution in [0, 0.1) is 0 Å². The summed E-state index contributed by atoms with van der Waals surface area (Å²) in [5.41, 5.74) is 1.88. The number of fused-ring (bicyclic) bond motifs is 1. The zero-order valence-electron chi connectivity index (χ0n) is 9.38. The van der Waals surface area contributed by atoms with E-state index in [1.165, 1.54) is 6.92 Å². The number of rotatable bonds is 3. The smallest absolute Gasteiger partial charge is 0.216 e. The van der Waals surface area contributed by atoms with Gasteiger partial charge in [-0.15, -0.1) is 0 Å². The Kier molecular flexibility index (Phi) is 3.38. The van der Waals surface area contributed by atoms with E-state index < -0.39 is 0 Å². The SMILES string of the molecule is CC(=O)NCCc1c[nH]c2cc(Br)cc(O)c12. The van der Waals surface area contributed by atoms with E-state index in [4.69, 9.17) is 0 Å². The van der Waals surface area contributed by atoms with Crippen LogP contribution in [0.25, 0.3) is 10.9 Å². The Balaban J connectivity index is 2.26. The third kappa shape index (κ3) is 2.61. The highest BCUT2D eigenvalue weighted by atomic mass is 79.9. The molecule has 1 aromatic carbocycles. The van der Waals surface area contributed by atoms with Crippen LogP contribution in [0.1, 0.15) is 12.5 Å². The molecule has 90 valence electrons. The molecule has 5 heteroatoms. The third-order valence-electron chi connectivity index (χ3n) is 2.57. The van der Waals surface area contributed by atoms with Crippen molar-refractivity contribution in [3.05, 3.63) is 28.4 Å². The van der Waals surface area contributed by atoms with Crippen LogP contribution in [0.2, 0.25) is 0 Å². The van der Waals surface area contributed by atoms with Crippen molar-refractivity contribution in [3.8, 4) is 5.75 Å². The Hall–Kier alpha value is -1.49. The Morgan fingerprint density at radius 2 is 2.29 bits per heavy atom. The molecule has 0 aliphatic carbocycles. The quantitative estimate of drug-likeness (QED) is 0.814. The standard InChI is InChI=1S/C12H13BrN2O2/c1-7(16)14-3-2-8-6-15-10-4-9(13)5-11(17)12(8)10/h4-6,15,17H,2-3H2,1H3,(H,14,16). The first-order valence-corrected chi connectivity index (χ1v) is 6.10. The van der Waals surface area contributed by atoms with Crippen molar-refractivity contribution in [1.82, 2.24) is 10.3 Å². The molecule has 0 fully saturated rings. The second-order valence-electron chi connectivity index (χ2n) is 3.89. The number of hydrogen-bond acceptors (Lipinski definition) is 2. The first kappa shape index (κ1) is 12.0. The van der Waals surface area contributed by atoms with Gasteiger partial charge in [0, 0.05) is 29.5 Å². The molecule has 2 aromatic rings. The summed E-state index contributed by atoms with van der Waals surface area (Å²) in [5, 5.41) is 13.4. The van der Waals surface area contributed by atoms with Crippen LogP contribution < -0.4 is 5.32 Å². The Morgan fingerprint density at radius 3 is 3.00 bits per heavy atom. The molecular weight excluding hydrogens is 284 g/mol. The Labute approximate surface area is 107 Å². The lowest BCUT2D eigenvalue weighted by atomic mass is 10.1. The fraction of sp³-hybridized carbons (Fsp3) is 0.250. The number of phenols is 1. The van der Waals surface area contributed by atoms with Gasteiger partial charge >= 0.3 is 0 Å². The number of aromatic nitrogens is 1. The van der Waals surface area contributed by atoms with E-state index in [0.717, 1.165) is 20.9 Å². The number of aromatic amines is 1. The Bertz CT molecular complexity index is 563. The van der Waals surface area contributed by atoms with Gasteiger partial charge < -0.3 is 15.4 Å². The van der Waals surface area contributed by atoms with Gasteiger partial charge in [-0.3, -0.25) is 4.79 Å². The summed E-state index contributed by atoms with van der Waals surface area (Å²) >= 11 is 3.33. The summed E-state index contributed by atoms with van der Waals surface area (Å²) in [4.78, 5) is 13.9. The summed E-state index contributed by atoms with van der Waals surface area (Å²) in [6, 6.07) is 3.58. The predicted molar refractivity (Wildman–Crippen MR) is 70.1 cm³/mol. The molecule has 0 atom stereocenters. The number of amides is 1.